The van der Waals surface area contributed by atoms with Crippen molar-refractivity contribution in [3.05, 3.63) is 66.7 Å². The van der Waals surface area contributed by atoms with Gasteiger partial charge >= 0.3 is 0 Å². The molecule has 0 bridgehead atoms. The summed E-state index contributed by atoms with van der Waals surface area (Å²) in [7, 11) is 0. The Morgan fingerprint density at radius 1 is 1.00 bits per heavy atom. The molecular weight excluding hydrogens is 318 g/mol. The number of nitrogens with one attached hydrogen (secondary N) is 1. The number of benzene rings is 3. The highest BCUT2D eigenvalue weighted by atomic mass is 32.2. The number of rotatable bonds is 3. The molecule has 0 aliphatic carbocycles. The van der Waals surface area contributed by atoms with Crippen LogP contribution in [-0.4, -0.2) is 11.4 Å². The van der Waals surface area contributed by atoms with Gasteiger partial charge in [0.1, 0.15) is 11.5 Å². The predicted octanol–water partition coefficient (Wildman–Crippen LogP) is 5.05. The fourth-order valence-corrected chi connectivity index (χ4v) is 2.59. The van der Waals surface area contributed by atoms with Gasteiger partial charge in [-0.3, -0.25) is 5.32 Å². The molecule has 0 fully saturated rings. The Balaban J connectivity index is 1.77. The maximum Gasteiger partial charge on any atom is 0.183 e. The maximum absolute atomic E-state index is 8.65. The smallest absolute Gasteiger partial charge is 0.183 e. The van der Waals surface area contributed by atoms with Gasteiger partial charge in [0.05, 0.1) is 5.69 Å². The molecule has 0 saturated carbocycles. The van der Waals surface area contributed by atoms with Crippen molar-refractivity contribution in [3.8, 4) is 17.7 Å². The topological polar surface area (TPSA) is 57.4 Å². The molecule has 1 N–H and O–H groups in total. The van der Waals surface area contributed by atoms with Gasteiger partial charge in [0.2, 0.25) is 0 Å². The van der Waals surface area contributed by atoms with Crippen LogP contribution in [0.4, 0.5) is 5.69 Å². The highest BCUT2D eigenvalue weighted by Gasteiger charge is 2.01. The molecule has 0 aliphatic rings. The molecule has 0 spiro atoms. The van der Waals surface area contributed by atoms with Gasteiger partial charge in [-0.05, 0) is 53.4 Å². The molecule has 3 aromatic rings. The number of fused-ring (bicyclic) bond motifs is 1. The van der Waals surface area contributed by atoms with Crippen molar-refractivity contribution in [2.75, 3.05) is 6.26 Å². The van der Waals surface area contributed by atoms with Gasteiger partial charge in [0.25, 0.3) is 0 Å². The number of aliphatic imine (C=N–C) groups is 1. The molecule has 3 aromatic carbocycles. The first-order valence-electron chi connectivity index (χ1n) is 7.33. The quantitative estimate of drug-likeness (QED) is 0.315. The first kappa shape index (κ1) is 15.9. The molecule has 0 heterocycles. The average molecular weight is 333 g/mol. The predicted molar refractivity (Wildman–Crippen MR) is 99.8 cm³/mol. The van der Waals surface area contributed by atoms with Gasteiger partial charge in [-0.15, -0.1) is 0 Å². The van der Waals surface area contributed by atoms with E-state index in [9.17, 15) is 0 Å². The minimum Gasteiger partial charge on any atom is -0.457 e. The monoisotopic (exact) mass is 333 g/mol. The van der Waals surface area contributed by atoms with E-state index in [1.807, 2.05) is 67.0 Å². The number of nitriles is 1. The number of hydrogen-bond acceptors (Lipinski definition) is 4. The first-order chi connectivity index (χ1) is 11.8. The fraction of sp³-hybridized carbons (Fsp3) is 0.0526. The molecule has 24 heavy (non-hydrogen) atoms. The summed E-state index contributed by atoms with van der Waals surface area (Å²) in [5, 5.41) is 14.1. The SMILES string of the molecule is CSC(=Nc1ccc(Oc2ccc3ccccc3c2)cc1)NC#N. The van der Waals surface area contributed by atoms with Crippen molar-refractivity contribution in [2.24, 2.45) is 4.99 Å². The van der Waals surface area contributed by atoms with Gasteiger partial charge in [-0.2, -0.15) is 5.26 Å². The van der Waals surface area contributed by atoms with E-state index in [-0.39, 0.29) is 0 Å². The van der Waals surface area contributed by atoms with E-state index in [2.05, 4.69) is 22.4 Å². The molecule has 0 amide bonds. The highest BCUT2D eigenvalue weighted by Crippen LogP contribution is 2.27. The van der Waals surface area contributed by atoms with E-state index in [1.54, 1.807) is 0 Å². The Morgan fingerprint density at radius 2 is 1.71 bits per heavy atom. The van der Waals surface area contributed by atoms with Gasteiger partial charge in [-0.1, -0.05) is 42.1 Å². The number of thioether (sulfide) groups is 1. The number of amidine groups is 1. The zero-order valence-electron chi connectivity index (χ0n) is 13.1. The Bertz CT molecular complexity index is 914. The summed E-state index contributed by atoms with van der Waals surface area (Å²) >= 11 is 1.38. The number of ether oxygens (including phenoxy) is 1. The average Bonchev–Trinajstić information content (AvgIpc) is 2.63. The van der Waals surface area contributed by atoms with Crippen molar-refractivity contribution in [1.82, 2.24) is 5.32 Å². The van der Waals surface area contributed by atoms with Gasteiger partial charge in [0.15, 0.2) is 11.4 Å². The van der Waals surface area contributed by atoms with Gasteiger partial charge in [0, 0.05) is 0 Å². The number of nitrogens with zero attached hydrogens (tertiary/aromatic N) is 2. The molecule has 0 radical (unpaired) electrons. The molecule has 118 valence electrons. The third-order valence-corrected chi connectivity index (χ3v) is 3.96. The molecule has 0 aromatic heterocycles. The van der Waals surface area contributed by atoms with Crippen molar-refractivity contribution >= 4 is 33.4 Å². The van der Waals surface area contributed by atoms with E-state index in [0.29, 0.717) is 5.17 Å². The van der Waals surface area contributed by atoms with Crippen LogP contribution in [0.5, 0.6) is 11.5 Å². The first-order valence-corrected chi connectivity index (χ1v) is 8.55. The molecule has 0 saturated heterocycles. The van der Waals surface area contributed by atoms with Crippen LogP contribution in [0.3, 0.4) is 0 Å². The molecule has 0 unspecified atom stereocenters. The summed E-state index contributed by atoms with van der Waals surface area (Å²) in [5.74, 6) is 1.53. The van der Waals surface area contributed by atoms with Crippen LogP contribution < -0.4 is 10.1 Å². The van der Waals surface area contributed by atoms with Crippen LogP contribution in [-0.2, 0) is 0 Å². The summed E-state index contributed by atoms with van der Waals surface area (Å²) in [6.45, 7) is 0. The highest BCUT2D eigenvalue weighted by molar-refractivity contribution is 8.13. The van der Waals surface area contributed by atoms with Crippen molar-refractivity contribution in [1.29, 1.82) is 5.26 Å². The third kappa shape index (κ3) is 3.86. The largest absolute Gasteiger partial charge is 0.457 e. The van der Waals surface area contributed by atoms with Crippen molar-refractivity contribution < 1.29 is 4.74 Å². The normalized spacial score (nSPS) is 11.1. The summed E-state index contributed by atoms with van der Waals surface area (Å²) in [6, 6.07) is 21.6. The van der Waals surface area contributed by atoms with Crippen LogP contribution in [0.1, 0.15) is 0 Å². The van der Waals surface area contributed by atoms with Crippen LogP contribution >= 0.6 is 11.8 Å². The Labute approximate surface area is 144 Å². The Morgan fingerprint density at radius 3 is 2.42 bits per heavy atom. The van der Waals surface area contributed by atoms with Crippen LogP contribution in [0.2, 0.25) is 0 Å². The summed E-state index contributed by atoms with van der Waals surface area (Å²) in [4.78, 5) is 4.35. The van der Waals surface area contributed by atoms with Crippen molar-refractivity contribution in [3.63, 3.8) is 0 Å². The third-order valence-electron chi connectivity index (χ3n) is 3.38. The molecule has 0 aliphatic heterocycles. The van der Waals surface area contributed by atoms with E-state index >= 15 is 0 Å². The van der Waals surface area contributed by atoms with Gasteiger partial charge in [-0.25, -0.2) is 4.99 Å². The van der Waals surface area contributed by atoms with E-state index in [0.717, 1.165) is 22.6 Å². The lowest BCUT2D eigenvalue weighted by atomic mass is 10.1. The standard InChI is InChI=1S/C19H15N3OS/c1-24-19(21-13-20)22-16-7-10-17(11-8-16)23-18-9-6-14-4-2-3-5-15(14)12-18/h2-12H,1H3,(H,21,22). The lowest BCUT2D eigenvalue weighted by Gasteiger charge is -2.07. The van der Waals surface area contributed by atoms with Crippen LogP contribution in [0.15, 0.2) is 71.7 Å². The summed E-state index contributed by atoms with van der Waals surface area (Å²) in [5.41, 5.74) is 0.757. The number of hydrogen-bond donors (Lipinski definition) is 1. The van der Waals surface area contributed by atoms with E-state index in [4.69, 9.17) is 10.00 Å². The summed E-state index contributed by atoms with van der Waals surface area (Å²) < 4.78 is 5.90. The Hall–Kier alpha value is -2.97. The molecular formula is C19H15N3OS. The van der Waals surface area contributed by atoms with E-state index in [1.165, 1.54) is 17.1 Å². The van der Waals surface area contributed by atoms with Gasteiger partial charge < -0.3 is 4.74 Å². The zero-order chi connectivity index (χ0) is 16.8. The van der Waals surface area contributed by atoms with E-state index < -0.39 is 0 Å². The lowest BCUT2D eigenvalue weighted by Crippen LogP contribution is -2.12. The lowest BCUT2D eigenvalue weighted by molar-refractivity contribution is 0.483. The summed E-state index contributed by atoms with van der Waals surface area (Å²) in [6.07, 6.45) is 3.73. The van der Waals surface area contributed by atoms with Crippen LogP contribution in [0.25, 0.3) is 10.8 Å². The molecule has 5 heteroatoms. The zero-order valence-corrected chi connectivity index (χ0v) is 13.9. The Kier molecular flexibility index (Phi) is 4.99. The molecule has 3 rings (SSSR count). The molecule has 0 atom stereocenters. The van der Waals surface area contributed by atoms with Crippen LogP contribution in [0, 0.1) is 11.5 Å². The fourth-order valence-electron chi connectivity index (χ4n) is 2.25. The second-order valence-corrected chi connectivity index (χ2v) is 5.76. The van der Waals surface area contributed by atoms with Crippen molar-refractivity contribution in [2.45, 2.75) is 0 Å². The second kappa shape index (κ2) is 7.53. The minimum absolute atomic E-state index is 0.556. The maximum atomic E-state index is 8.65. The molecule has 4 nitrogen and oxygen atoms in total. The second-order valence-electron chi connectivity index (χ2n) is 4.96. The minimum atomic E-state index is 0.556.